The van der Waals surface area contributed by atoms with Crippen LogP contribution >= 0.6 is 11.8 Å². The average molecular weight is 367 g/mol. The zero-order chi connectivity index (χ0) is 17.8. The molecule has 1 aliphatic carbocycles. The number of hydrogen-bond acceptors (Lipinski definition) is 4. The molecule has 0 radical (unpaired) electrons. The van der Waals surface area contributed by atoms with Gasteiger partial charge >= 0.3 is 0 Å². The van der Waals surface area contributed by atoms with Crippen molar-refractivity contribution in [2.75, 3.05) is 5.32 Å². The lowest BCUT2D eigenvalue weighted by molar-refractivity contribution is 0.462. The van der Waals surface area contributed by atoms with E-state index in [0.717, 1.165) is 33.2 Å². The van der Waals surface area contributed by atoms with Crippen LogP contribution in [0.25, 0.3) is 10.9 Å². The lowest BCUT2D eigenvalue weighted by Crippen LogP contribution is -2.23. The van der Waals surface area contributed by atoms with Gasteiger partial charge in [0.15, 0.2) is 5.16 Å². The molecule has 0 unspecified atom stereocenters. The Labute approximate surface area is 157 Å². The van der Waals surface area contributed by atoms with E-state index in [1.54, 1.807) is 11.8 Å². The highest BCUT2D eigenvalue weighted by Gasteiger charge is 2.16. The summed E-state index contributed by atoms with van der Waals surface area (Å²) in [5.41, 5.74) is 2.03. The molecular formula is C21H22FN3S. The van der Waals surface area contributed by atoms with E-state index in [-0.39, 0.29) is 5.82 Å². The van der Waals surface area contributed by atoms with Crippen LogP contribution in [0.5, 0.6) is 0 Å². The van der Waals surface area contributed by atoms with Crippen molar-refractivity contribution in [2.24, 2.45) is 0 Å². The van der Waals surface area contributed by atoms with E-state index in [2.05, 4.69) is 11.4 Å². The highest BCUT2D eigenvalue weighted by molar-refractivity contribution is 7.98. The average Bonchev–Trinajstić information content (AvgIpc) is 2.68. The number of anilines is 1. The Bertz CT molecular complexity index is 876. The highest BCUT2D eigenvalue weighted by Crippen LogP contribution is 2.29. The summed E-state index contributed by atoms with van der Waals surface area (Å²) in [5, 5.41) is 5.49. The van der Waals surface area contributed by atoms with Gasteiger partial charge in [0, 0.05) is 17.2 Å². The zero-order valence-electron chi connectivity index (χ0n) is 14.6. The number of halogens is 1. The maximum absolute atomic E-state index is 13.1. The fraction of sp³-hybridized carbons (Fsp3) is 0.333. The number of rotatable bonds is 5. The summed E-state index contributed by atoms with van der Waals surface area (Å²) in [4.78, 5) is 9.49. The van der Waals surface area contributed by atoms with Gasteiger partial charge in [-0.05, 0) is 42.7 Å². The first-order chi connectivity index (χ1) is 12.8. The van der Waals surface area contributed by atoms with Crippen LogP contribution in [0.1, 0.15) is 37.7 Å². The second-order valence-electron chi connectivity index (χ2n) is 6.77. The lowest BCUT2D eigenvalue weighted by atomic mass is 9.95. The summed E-state index contributed by atoms with van der Waals surface area (Å²) in [6, 6.07) is 15.3. The minimum atomic E-state index is -0.209. The van der Waals surface area contributed by atoms with Crippen LogP contribution < -0.4 is 5.32 Å². The fourth-order valence-electron chi connectivity index (χ4n) is 3.40. The summed E-state index contributed by atoms with van der Waals surface area (Å²) >= 11 is 1.59. The van der Waals surface area contributed by atoms with Gasteiger partial charge in [-0.3, -0.25) is 0 Å². The van der Waals surface area contributed by atoms with Crippen molar-refractivity contribution in [3.63, 3.8) is 0 Å². The van der Waals surface area contributed by atoms with E-state index in [4.69, 9.17) is 9.97 Å². The van der Waals surface area contributed by atoms with Gasteiger partial charge in [-0.1, -0.05) is 55.3 Å². The number of benzene rings is 2. The quantitative estimate of drug-likeness (QED) is 0.456. The van der Waals surface area contributed by atoms with Gasteiger partial charge in [-0.15, -0.1) is 0 Å². The molecule has 0 atom stereocenters. The highest BCUT2D eigenvalue weighted by atomic mass is 32.2. The Morgan fingerprint density at radius 1 is 0.962 bits per heavy atom. The van der Waals surface area contributed by atoms with Gasteiger partial charge in [0.25, 0.3) is 0 Å². The third-order valence-electron chi connectivity index (χ3n) is 4.81. The van der Waals surface area contributed by atoms with Crippen molar-refractivity contribution < 1.29 is 4.39 Å². The number of fused-ring (bicyclic) bond motifs is 1. The van der Waals surface area contributed by atoms with E-state index < -0.39 is 0 Å². The second kappa shape index (κ2) is 8.04. The summed E-state index contributed by atoms with van der Waals surface area (Å²) in [6.07, 6.45) is 6.31. The molecule has 1 fully saturated rings. The van der Waals surface area contributed by atoms with E-state index in [9.17, 15) is 4.39 Å². The Balaban J connectivity index is 1.57. The van der Waals surface area contributed by atoms with Gasteiger partial charge in [0.2, 0.25) is 0 Å². The maximum Gasteiger partial charge on any atom is 0.190 e. The summed E-state index contributed by atoms with van der Waals surface area (Å²) in [5.74, 6) is 1.45. The minimum Gasteiger partial charge on any atom is -0.367 e. The molecule has 0 amide bonds. The van der Waals surface area contributed by atoms with Crippen LogP contribution in [-0.4, -0.2) is 16.0 Å². The molecule has 3 nitrogen and oxygen atoms in total. The summed E-state index contributed by atoms with van der Waals surface area (Å²) in [7, 11) is 0. The molecule has 1 aromatic heterocycles. The Hall–Kier alpha value is -2.14. The van der Waals surface area contributed by atoms with Crippen LogP contribution in [0.15, 0.2) is 53.7 Å². The van der Waals surface area contributed by atoms with Crippen molar-refractivity contribution in [3.05, 3.63) is 59.9 Å². The number of nitrogens with zero attached hydrogens (tertiary/aromatic N) is 2. The number of aromatic nitrogens is 2. The molecule has 26 heavy (non-hydrogen) atoms. The van der Waals surface area contributed by atoms with Crippen LogP contribution in [-0.2, 0) is 5.75 Å². The molecule has 0 saturated heterocycles. The van der Waals surface area contributed by atoms with E-state index in [1.165, 1.54) is 44.2 Å². The smallest absolute Gasteiger partial charge is 0.190 e. The van der Waals surface area contributed by atoms with Crippen molar-refractivity contribution in [3.8, 4) is 0 Å². The van der Waals surface area contributed by atoms with Gasteiger partial charge in [-0.25, -0.2) is 14.4 Å². The molecule has 2 aromatic carbocycles. The number of thioether (sulfide) groups is 1. The SMILES string of the molecule is Fc1ccc(CSc2nc(NC3CCCCC3)c3ccccc3n2)cc1. The third kappa shape index (κ3) is 4.15. The minimum absolute atomic E-state index is 0.209. The van der Waals surface area contributed by atoms with Crippen LogP contribution in [0.2, 0.25) is 0 Å². The van der Waals surface area contributed by atoms with Gasteiger partial charge in [-0.2, -0.15) is 0 Å². The van der Waals surface area contributed by atoms with Gasteiger partial charge < -0.3 is 5.32 Å². The Kier molecular flexibility index (Phi) is 5.34. The molecule has 1 aliphatic rings. The molecule has 1 saturated carbocycles. The van der Waals surface area contributed by atoms with E-state index >= 15 is 0 Å². The molecule has 134 valence electrons. The van der Waals surface area contributed by atoms with Crippen molar-refractivity contribution >= 4 is 28.5 Å². The first-order valence-electron chi connectivity index (χ1n) is 9.18. The maximum atomic E-state index is 13.1. The molecule has 5 heteroatoms. The second-order valence-corrected chi connectivity index (χ2v) is 7.71. The normalized spacial score (nSPS) is 15.3. The van der Waals surface area contributed by atoms with Gasteiger partial charge in [0.05, 0.1) is 5.52 Å². The predicted octanol–water partition coefficient (Wildman–Crippen LogP) is 5.81. The Morgan fingerprint density at radius 3 is 2.54 bits per heavy atom. The number of nitrogens with one attached hydrogen (secondary N) is 1. The molecule has 0 spiro atoms. The first-order valence-corrected chi connectivity index (χ1v) is 10.2. The van der Waals surface area contributed by atoms with Crippen LogP contribution in [0.3, 0.4) is 0 Å². The predicted molar refractivity (Wildman–Crippen MR) is 106 cm³/mol. The third-order valence-corrected chi connectivity index (χ3v) is 5.73. The number of para-hydroxylation sites is 1. The van der Waals surface area contributed by atoms with E-state index in [0.29, 0.717) is 6.04 Å². The summed E-state index contributed by atoms with van der Waals surface area (Å²) in [6.45, 7) is 0. The fourth-order valence-corrected chi connectivity index (χ4v) is 4.21. The van der Waals surface area contributed by atoms with Crippen molar-refractivity contribution in [1.82, 2.24) is 9.97 Å². The lowest BCUT2D eigenvalue weighted by Gasteiger charge is -2.24. The zero-order valence-corrected chi connectivity index (χ0v) is 15.4. The monoisotopic (exact) mass is 367 g/mol. The molecule has 1 N–H and O–H groups in total. The topological polar surface area (TPSA) is 37.8 Å². The van der Waals surface area contributed by atoms with Crippen LogP contribution in [0, 0.1) is 5.82 Å². The van der Waals surface area contributed by atoms with E-state index in [1.807, 2.05) is 30.3 Å². The molecule has 0 aliphatic heterocycles. The number of hydrogen-bond donors (Lipinski definition) is 1. The molecule has 4 rings (SSSR count). The van der Waals surface area contributed by atoms with Crippen molar-refractivity contribution in [2.45, 2.75) is 49.1 Å². The largest absolute Gasteiger partial charge is 0.367 e. The Morgan fingerprint density at radius 2 is 1.73 bits per heavy atom. The van der Waals surface area contributed by atoms with Crippen molar-refractivity contribution in [1.29, 1.82) is 0 Å². The molecular weight excluding hydrogens is 345 g/mol. The first kappa shape index (κ1) is 17.3. The van der Waals surface area contributed by atoms with Crippen LogP contribution in [0.4, 0.5) is 10.2 Å². The summed E-state index contributed by atoms with van der Waals surface area (Å²) < 4.78 is 13.1. The molecule has 1 heterocycles. The molecule has 3 aromatic rings. The van der Waals surface area contributed by atoms with Gasteiger partial charge in [0.1, 0.15) is 11.6 Å². The molecule has 0 bridgehead atoms. The standard InChI is InChI=1S/C21H22FN3S/c22-16-12-10-15(11-13-16)14-26-21-24-19-9-5-4-8-18(19)20(25-21)23-17-6-2-1-3-7-17/h4-5,8-13,17H,1-3,6-7,14H2,(H,23,24,25).